The van der Waals surface area contributed by atoms with Crippen molar-refractivity contribution in [1.82, 2.24) is 4.90 Å². The van der Waals surface area contributed by atoms with Crippen molar-refractivity contribution >= 4 is 21.6 Å². The number of halogens is 3. The molecule has 0 saturated carbocycles. The average molecular weight is 452 g/mol. The second-order valence-electron chi connectivity index (χ2n) is 6.85. The molecule has 0 radical (unpaired) electrons. The lowest BCUT2D eigenvalue weighted by Crippen LogP contribution is -2.27. The van der Waals surface area contributed by atoms with Gasteiger partial charge >= 0.3 is 6.18 Å². The predicted octanol–water partition coefficient (Wildman–Crippen LogP) is 4.68. The summed E-state index contributed by atoms with van der Waals surface area (Å²) >= 11 is 0. The van der Waals surface area contributed by atoms with E-state index in [2.05, 4.69) is 4.72 Å². The fourth-order valence-electron chi connectivity index (χ4n) is 2.88. The zero-order valence-corrected chi connectivity index (χ0v) is 17.4. The quantitative estimate of drug-likeness (QED) is 0.589. The highest BCUT2D eigenvalue weighted by Gasteiger charge is 2.32. The van der Waals surface area contributed by atoms with Crippen LogP contribution in [0.5, 0.6) is 0 Å². The second kappa shape index (κ2) is 8.46. The maximum Gasteiger partial charge on any atom is 0.416 e. The molecule has 31 heavy (non-hydrogen) atoms. The Morgan fingerprint density at radius 2 is 1.77 bits per heavy atom. The summed E-state index contributed by atoms with van der Waals surface area (Å²) in [6, 6.07) is 12.7. The standard InChI is InChI=1S/C21H19F3N2O4S/c1-14-10-11-16(30-14)13-26(2)20(27)18-8-3-4-9-19(18)25-31(28,29)17-7-5-6-15(12-17)21(22,23)24/h3-12,25H,13H2,1-2H3. The molecule has 6 nitrogen and oxygen atoms in total. The van der Waals surface area contributed by atoms with Crippen LogP contribution in [0, 0.1) is 6.92 Å². The highest BCUT2D eigenvalue weighted by Crippen LogP contribution is 2.31. The summed E-state index contributed by atoms with van der Waals surface area (Å²) < 4.78 is 71.9. The first-order valence-corrected chi connectivity index (χ1v) is 10.6. The third kappa shape index (κ3) is 5.26. The Balaban J connectivity index is 1.87. The monoisotopic (exact) mass is 452 g/mol. The van der Waals surface area contributed by atoms with Gasteiger partial charge in [-0.25, -0.2) is 8.42 Å². The Labute approximate surface area is 177 Å². The van der Waals surface area contributed by atoms with E-state index >= 15 is 0 Å². The molecule has 2 aromatic carbocycles. The van der Waals surface area contributed by atoms with E-state index in [9.17, 15) is 26.4 Å². The number of rotatable bonds is 6. The summed E-state index contributed by atoms with van der Waals surface area (Å²) in [5.41, 5.74) is -1.09. The number of aryl methyl sites for hydroxylation is 1. The summed E-state index contributed by atoms with van der Waals surface area (Å²) in [4.78, 5) is 13.7. The van der Waals surface area contributed by atoms with E-state index in [1.807, 2.05) is 0 Å². The number of hydrogen-bond donors (Lipinski definition) is 1. The summed E-state index contributed by atoms with van der Waals surface area (Å²) in [7, 11) is -2.85. The number of sulfonamides is 1. The van der Waals surface area contributed by atoms with Gasteiger partial charge in [-0.05, 0) is 49.4 Å². The number of nitrogens with one attached hydrogen (secondary N) is 1. The third-order valence-electron chi connectivity index (χ3n) is 4.41. The maximum absolute atomic E-state index is 12.9. The van der Waals surface area contributed by atoms with Crippen molar-refractivity contribution in [3.8, 4) is 0 Å². The van der Waals surface area contributed by atoms with Gasteiger partial charge in [-0.1, -0.05) is 18.2 Å². The Morgan fingerprint density at radius 1 is 1.06 bits per heavy atom. The van der Waals surface area contributed by atoms with E-state index in [1.165, 1.54) is 30.1 Å². The molecule has 0 saturated heterocycles. The number of benzene rings is 2. The van der Waals surface area contributed by atoms with Crippen LogP contribution in [0.15, 0.2) is 70.0 Å². The molecule has 0 atom stereocenters. The molecule has 1 heterocycles. The lowest BCUT2D eigenvalue weighted by molar-refractivity contribution is -0.137. The molecule has 164 valence electrons. The van der Waals surface area contributed by atoms with Gasteiger partial charge in [-0.15, -0.1) is 0 Å². The highest BCUT2D eigenvalue weighted by atomic mass is 32.2. The van der Waals surface area contributed by atoms with E-state index in [0.717, 1.165) is 18.2 Å². The van der Waals surface area contributed by atoms with Gasteiger partial charge in [0, 0.05) is 7.05 Å². The molecular weight excluding hydrogens is 433 g/mol. The second-order valence-corrected chi connectivity index (χ2v) is 8.53. The van der Waals surface area contributed by atoms with Crippen LogP contribution in [0.4, 0.5) is 18.9 Å². The number of amides is 1. The lowest BCUT2D eigenvalue weighted by atomic mass is 10.1. The molecule has 3 aromatic rings. The Kier molecular flexibility index (Phi) is 6.12. The van der Waals surface area contributed by atoms with Crippen molar-refractivity contribution in [3.05, 3.63) is 83.3 Å². The molecule has 1 amide bonds. The van der Waals surface area contributed by atoms with E-state index in [-0.39, 0.29) is 17.8 Å². The Morgan fingerprint density at radius 3 is 2.42 bits per heavy atom. The fourth-order valence-corrected chi connectivity index (χ4v) is 4.01. The third-order valence-corrected chi connectivity index (χ3v) is 5.77. The lowest BCUT2D eigenvalue weighted by Gasteiger charge is -2.19. The predicted molar refractivity (Wildman–Crippen MR) is 108 cm³/mol. The van der Waals surface area contributed by atoms with Crippen LogP contribution in [0.1, 0.15) is 27.4 Å². The van der Waals surface area contributed by atoms with Crippen LogP contribution in [-0.2, 0) is 22.7 Å². The molecule has 0 aliphatic heterocycles. The number of alkyl halides is 3. The van der Waals surface area contributed by atoms with Crippen molar-refractivity contribution < 1.29 is 30.8 Å². The smallest absolute Gasteiger partial charge is 0.416 e. The van der Waals surface area contributed by atoms with Crippen LogP contribution in [0.25, 0.3) is 0 Å². The number of nitrogens with zero attached hydrogens (tertiary/aromatic N) is 1. The first-order valence-electron chi connectivity index (χ1n) is 9.07. The number of anilines is 1. The highest BCUT2D eigenvalue weighted by molar-refractivity contribution is 7.92. The molecule has 0 fully saturated rings. The summed E-state index contributed by atoms with van der Waals surface area (Å²) in [6.45, 7) is 1.92. The van der Waals surface area contributed by atoms with Gasteiger partial charge in [-0.3, -0.25) is 9.52 Å². The topological polar surface area (TPSA) is 79.6 Å². The molecule has 1 aromatic heterocycles. The van der Waals surface area contributed by atoms with Gasteiger partial charge in [0.25, 0.3) is 15.9 Å². The minimum atomic E-state index is -4.69. The largest absolute Gasteiger partial charge is 0.464 e. The molecule has 0 aliphatic rings. The van der Waals surface area contributed by atoms with Gasteiger partial charge in [0.1, 0.15) is 11.5 Å². The van der Waals surface area contributed by atoms with E-state index in [4.69, 9.17) is 4.42 Å². The molecule has 0 spiro atoms. The first-order chi connectivity index (χ1) is 14.5. The summed E-state index contributed by atoms with van der Waals surface area (Å²) in [6.07, 6.45) is -4.69. The van der Waals surface area contributed by atoms with Gasteiger partial charge in [-0.2, -0.15) is 13.2 Å². The Bertz CT molecular complexity index is 1200. The minimum Gasteiger partial charge on any atom is -0.464 e. The van der Waals surface area contributed by atoms with Crippen molar-refractivity contribution in [2.45, 2.75) is 24.5 Å². The van der Waals surface area contributed by atoms with Crippen LogP contribution >= 0.6 is 0 Å². The van der Waals surface area contributed by atoms with Crippen LogP contribution in [0.2, 0.25) is 0 Å². The summed E-state index contributed by atoms with van der Waals surface area (Å²) in [5, 5.41) is 0. The molecule has 10 heteroatoms. The molecule has 0 aliphatic carbocycles. The van der Waals surface area contributed by atoms with Crippen LogP contribution in [0.3, 0.4) is 0 Å². The average Bonchev–Trinajstić information content (AvgIpc) is 3.11. The van der Waals surface area contributed by atoms with Crippen molar-refractivity contribution in [2.75, 3.05) is 11.8 Å². The number of furan rings is 1. The van der Waals surface area contributed by atoms with E-state index in [0.29, 0.717) is 17.6 Å². The molecular formula is C21H19F3N2O4S. The molecule has 0 unspecified atom stereocenters. The SMILES string of the molecule is Cc1ccc(CN(C)C(=O)c2ccccc2NS(=O)(=O)c2cccc(C(F)(F)F)c2)o1. The van der Waals surface area contributed by atoms with Crippen molar-refractivity contribution in [2.24, 2.45) is 0 Å². The Hall–Kier alpha value is -3.27. The van der Waals surface area contributed by atoms with E-state index < -0.39 is 32.6 Å². The number of para-hydroxylation sites is 1. The fraction of sp³-hybridized carbons (Fsp3) is 0.190. The molecule has 0 bridgehead atoms. The van der Waals surface area contributed by atoms with Crippen molar-refractivity contribution in [3.63, 3.8) is 0 Å². The number of carbonyl (C=O) groups is 1. The van der Waals surface area contributed by atoms with E-state index in [1.54, 1.807) is 25.1 Å². The van der Waals surface area contributed by atoms with Crippen LogP contribution in [-0.4, -0.2) is 26.3 Å². The zero-order valence-electron chi connectivity index (χ0n) is 16.6. The maximum atomic E-state index is 12.9. The summed E-state index contributed by atoms with van der Waals surface area (Å²) in [5.74, 6) is 0.747. The normalized spacial score (nSPS) is 11.9. The van der Waals surface area contributed by atoms with Gasteiger partial charge in [0.2, 0.25) is 0 Å². The van der Waals surface area contributed by atoms with Gasteiger partial charge in [0.05, 0.1) is 28.3 Å². The first kappa shape index (κ1) is 22.4. The zero-order chi connectivity index (χ0) is 22.8. The van der Waals surface area contributed by atoms with Gasteiger partial charge in [0.15, 0.2) is 0 Å². The van der Waals surface area contributed by atoms with Crippen LogP contribution < -0.4 is 4.72 Å². The van der Waals surface area contributed by atoms with Crippen molar-refractivity contribution in [1.29, 1.82) is 0 Å². The molecule has 3 rings (SSSR count). The van der Waals surface area contributed by atoms with Gasteiger partial charge < -0.3 is 9.32 Å². The number of carbonyl (C=O) groups excluding carboxylic acids is 1. The minimum absolute atomic E-state index is 0.0452. The number of hydrogen-bond acceptors (Lipinski definition) is 4. The molecule has 1 N–H and O–H groups in total.